The molecule has 0 aliphatic carbocycles. The molecule has 0 aromatic heterocycles. The summed E-state index contributed by atoms with van der Waals surface area (Å²) in [7, 11) is 0. The van der Waals surface area contributed by atoms with Crippen LogP contribution in [-0.2, 0) is 14.3 Å². The molecule has 0 aliphatic heterocycles. The lowest BCUT2D eigenvalue weighted by Crippen LogP contribution is -2.35. The van der Waals surface area contributed by atoms with Crippen LogP contribution in [0.5, 0.6) is 5.75 Å². The van der Waals surface area contributed by atoms with Crippen molar-refractivity contribution in [2.75, 3.05) is 26.3 Å². The van der Waals surface area contributed by atoms with E-state index >= 15 is 0 Å². The van der Waals surface area contributed by atoms with Crippen molar-refractivity contribution in [1.82, 2.24) is 10.6 Å². The molecule has 2 aromatic carbocycles. The Bertz CT molecular complexity index is 885. The lowest BCUT2D eigenvalue weighted by molar-refractivity contribution is -0.147. The Morgan fingerprint density at radius 3 is 2.52 bits per heavy atom. The minimum Gasteiger partial charge on any atom is -0.491 e. The first-order valence-corrected chi connectivity index (χ1v) is 9.02. The molecule has 2 rings (SSSR count). The molecule has 0 radical (unpaired) electrons. The molecule has 0 fully saturated rings. The van der Waals surface area contributed by atoms with Crippen LogP contribution >= 0.6 is 0 Å². The molecule has 0 heterocycles. The number of carbonyl (C=O) groups excluding carboxylic acids is 3. The van der Waals surface area contributed by atoms with E-state index in [4.69, 9.17) is 9.47 Å². The van der Waals surface area contributed by atoms with Crippen molar-refractivity contribution in [3.8, 4) is 5.75 Å². The number of aryl methyl sites for hydroxylation is 2. The third-order valence-corrected chi connectivity index (χ3v) is 3.89. The lowest BCUT2D eigenvalue weighted by atomic mass is 10.1. The summed E-state index contributed by atoms with van der Waals surface area (Å²) < 4.78 is 23.8. The van der Waals surface area contributed by atoms with Crippen molar-refractivity contribution >= 4 is 17.8 Å². The number of amides is 2. The van der Waals surface area contributed by atoms with E-state index in [9.17, 15) is 18.8 Å². The minimum absolute atomic E-state index is 0.179. The summed E-state index contributed by atoms with van der Waals surface area (Å²) in [4.78, 5) is 35.1. The summed E-state index contributed by atoms with van der Waals surface area (Å²) in [5.74, 6) is -2.00. The van der Waals surface area contributed by atoms with Crippen LogP contribution in [-0.4, -0.2) is 44.1 Å². The number of nitrogens with one attached hydrogen (secondary N) is 2. The van der Waals surface area contributed by atoms with Crippen LogP contribution in [0.1, 0.15) is 21.5 Å². The van der Waals surface area contributed by atoms with Gasteiger partial charge in [0.05, 0.1) is 12.1 Å². The zero-order valence-corrected chi connectivity index (χ0v) is 16.3. The smallest absolute Gasteiger partial charge is 0.325 e. The van der Waals surface area contributed by atoms with Gasteiger partial charge in [0.1, 0.15) is 24.7 Å². The van der Waals surface area contributed by atoms with E-state index in [2.05, 4.69) is 10.6 Å². The molecular weight excluding hydrogens is 379 g/mol. The van der Waals surface area contributed by atoms with Crippen LogP contribution in [0, 0.1) is 19.7 Å². The van der Waals surface area contributed by atoms with Gasteiger partial charge in [0.15, 0.2) is 6.61 Å². The second-order valence-electron chi connectivity index (χ2n) is 6.29. The van der Waals surface area contributed by atoms with Gasteiger partial charge in [0.25, 0.3) is 11.8 Å². The molecule has 2 aromatic rings. The number of hydrogen-bond donors (Lipinski definition) is 2. The van der Waals surface area contributed by atoms with Crippen LogP contribution in [0.4, 0.5) is 4.39 Å². The standard InChI is InChI=1S/C21H23FN2O5/c1-14-7-8-18(15(2)11-14)28-10-9-23-19(25)13-29-20(26)12-24-21(27)16-5-3-4-6-17(16)22/h3-8,11H,9-10,12-13H2,1-2H3,(H,23,25)(H,24,27). The van der Waals surface area contributed by atoms with Gasteiger partial charge in [-0.05, 0) is 37.6 Å². The number of esters is 1. The molecule has 0 unspecified atom stereocenters. The fourth-order valence-electron chi connectivity index (χ4n) is 2.45. The number of hydrogen-bond acceptors (Lipinski definition) is 5. The molecule has 7 nitrogen and oxygen atoms in total. The van der Waals surface area contributed by atoms with Gasteiger partial charge in [-0.1, -0.05) is 29.8 Å². The molecule has 0 atom stereocenters. The highest BCUT2D eigenvalue weighted by Crippen LogP contribution is 2.18. The lowest BCUT2D eigenvalue weighted by Gasteiger charge is -2.11. The number of halogens is 1. The number of carbonyl (C=O) groups is 3. The van der Waals surface area contributed by atoms with E-state index in [1.165, 1.54) is 18.2 Å². The molecule has 2 N–H and O–H groups in total. The average Bonchev–Trinajstić information content (AvgIpc) is 2.69. The topological polar surface area (TPSA) is 93.7 Å². The third kappa shape index (κ3) is 7.25. The maximum absolute atomic E-state index is 13.5. The molecule has 0 spiro atoms. The van der Waals surface area contributed by atoms with Crippen molar-refractivity contribution in [1.29, 1.82) is 0 Å². The van der Waals surface area contributed by atoms with Gasteiger partial charge in [0.2, 0.25) is 0 Å². The Morgan fingerprint density at radius 2 is 1.79 bits per heavy atom. The van der Waals surface area contributed by atoms with Crippen molar-refractivity contribution < 1.29 is 28.2 Å². The normalized spacial score (nSPS) is 10.2. The molecule has 0 saturated heterocycles. The monoisotopic (exact) mass is 402 g/mol. The molecule has 0 saturated carbocycles. The SMILES string of the molecule is Cc1ccc(OCCNC(=O)COC(=O)CNC(=O)c2ccccc2F)c(C)c1. The molecule has 2 amide bonds. The quantitative estimate of drug-likeness (QED) is 0.494. The molecule has 29 heavy (non-hydrogen) atoms. The van der Waals surface area contributed by atoms with Gasteiger partial charge < -0.3 is 20.1 Å². The maximum Gasteiger partial charge on any atom is 0.325 e. The first-order chi connectivity index (χ1) is 13.9. The van der Waals surface area contributed by atoms with Crippen molar-refractivity contribution in [3.63, 3.8) is 0 Å². The summed E-state index contributed by atoms with van der Waals surface area (Å²) in [6.07, 6.45) is 0. The van der Waals surface area contributed by atoms with E-state index in [1.54, 1.807) is 0 Å². The Labute approximate surface area is 168 Å². The molecule has 0 aliphatic rings. The Hall–Kier alpha value is -3.42. The summed E-state index contributed by atoms with van der Waals surface area (Å²) in [6, 6.07) is 11.2. The number of ether oxygens (including phenoxy) is 2. The largest absolute Gasteiger partial charge is 0.491 e. The molecule has 8 heteroatoms. The highest BCUT2D eigenvalue weighted by Gasteiger charge is 2.13. The van der Waals surface area contributed by atoms with Crippen LogP contribution in [0.3, 0.4) is 0 Å². The van der Waals surface area contributed by atoms with Gasteiger partial charge in [-0.25, -0.2) is 4.39 Å². The molecule has 0 bridgehead atoms. The third-order valence-electron chi connectivity index (χ3n) is 3.89. The summed E-state index contributed by atoms with van der Waals surface area (Å²) in [5, 5.41) is 4.80. The van der Waals surface area contributed by atoms with E-state index in [1.807, 2.05) is 32.0 Å². The van der Waals surface area contributed by atoms with E-state index < -0.39 is 36.8 Å². The van der Waals surface area contributed by atoms with E-state index in [0.717, 1.165) is 22.9 Å². The van der Waals surface area contributed by atoms with Gasteiger partial charge in [-0.15, -0.1) is 0 Å². The van der Waals surface area contributed by atoms with Crippen molar-refractivity contribution in [3.05, 3.63) is 65.0 Å². The number of rotatable bonds is 9. The fourth-order valence-corrected chi connectivity index (χ4v) is 2.45. The maximum atomic E-state index is 13.5. The highest BCUT2D eigenvalue weighted by molar-refractivity contribution is 5.96. The number of benzene rings is 2. The summed E-state index contributed by atoms with van der Waals surface area (Å²) in [6.45, 7) is 3.47. The molecule has 154 valence electrons. The Kier molecular flexibility index (Phi) is 8.14. The van der Waals surface area contributed by atoms with Crippen LogP contribution in [0.25, 0.3) is 0 Å². The summed E-state index contributed by atoms with van der Waals surface area (Å²) in [5.41, 5.74) is 1.96. The molecular formula is C21H23FN2O5. The Balaban J connectivity index is 1.61. The predicted molar refractivity (Wildman–Crippen MR) is 104 cm³/mol. The zero-order valence-electron chi connectivity index (χ0n) is 16.3. The second-order valence-corrected chi connectivity index (χ2v) is 6.29. The first-order valence-electron chi connectivity index (χ1n) is 9.02. The average molecular weight is 402 g/mol. The van der Waals surface area contributed by atoms with Gasteiger partial charge >= 0.3 is 5.97 Å². The Morgan fingerprint density at radius 1 is 1.03 bits per heavy atom. The summed E-state index contributed by atoms with van der Waals surface area (Å²) >= 11 is 0. The van der Waals surface area contributed by atoms with Crippen molar-refractivity contribution in [2.24, 2.45) is 0 Å². The van der Waals surface area contributed by atoms with Crippen molar-refractivity contribution in [2.45, 2.75) is 13.8 Å². The van der Waals surface area contributed by atoms with Crippen LogP contribution in [0.2, 0.25) is 0 Å². The van der Waals surface area contributed by atoms with Crippen LogP contribution < -0.4 is 15.4 Å². The van der Waals surface area contributed by atoms with Gasteiger partial charge in [-0.2, -0.15) is 0 Å². The highest BCUT2D eigenvalue weighted by atomic mass is 19.1. The van der Waals surface area contributed by atoms with E-state index in [-0.39, 0.29) is 18.7 Å². The van der Waals surface area contributed by atoms with Gasteiger partial charge in [-0.3, -0.25) is 14.4 Å². The zero-order chi connectivity index (χ0) is 21.2. The second kappa shape index (κ2) is 10.8. The van der Waals surface area contributed by atoms with Crippen LogP contribution in [0.15, 0.2) is 42.5 Å². The fraction of sp³-hybridized carbons (Fsp3) is 0.286. The first kappa shape index (κ1) is 21.9. The van der Waals surface area contributed by atoms with Gasteiger partial charge in [0, 0.05) is 0 Å². The predicted octanol–water partition coefficient (Wildman–Crippen LogP) is 1.91. The minimum atomic E-state index is -0.809. The van der Waals surface area contributed by atoms with E-state index in [0.29, 0.717) is 0 Å².